The van der Waals surface area contributed by atoms with Crippen LogP contribution in [0, 0.1) is 11.3 Å². The number of anilines is 1. The molecule has 1 aromatic carbocycles. The molecule has 0 spiro atoms. The summed E-state index contributed by atoms with van der Waals surface area (Å²) in [6.07, 6.45) is 1.62. The van der Waals surface area contributed by atoms with E-state index in [0.717, 1.165) is 25.2 Å². The molecule has 2 N–H and O–H groups in total. The van der Waals surface area contributed by atoms with Crippen molar-refractivity contribution in [2.45, 2.75) is 32.4 Å². The zero-order valence-corrected chi connectivity index (χ0v) is 9.61. The summed E-state index contributed by atoms with van der Waals surface area (Å²) in [6.45, 7) is 4.01. The number of benzene rings is 1. The molecule has 1 heterocycles. The molecule has 1 aromatic rings. The van der Waals surface area contributed by atoms with Crippen molar-refractivity contribution in [1.82, 2.24) is 4.90 Å². The van der Waals surface area contributed by atoms with Gasteiger partial charge in [0.05, 0.1) is 12.5 Å². The van der Waals surface area contributed by atoms with Crippen LogP contribution in [-0.2, 0) is 13.0 Å². The van der Waals surface area contributed by atoms with Crippen molar-refractivity contribution in [3.8, 4) is 6.07 Å². The van der Waals surface area contributed by atoms with E-state index in [1.54, 1.807) is 0 Å². The molecule has 0 saturated heterocycles. The molecular formula is C13H17N3. The second-order valence-electron chi connectivity index (χ2n) is 4.42. The van der Waals surface area contributed by atoms with E-state index in [-0.39, 0.29) is 0 Å². The number of rotatable bonds is 2. The van der Waals surface area contributed by atoms with Crippen molar-refractivity contribution < 1.29 is 0 Å². The lowest BCUT2D eigenvalue weighted by atomic mass is 9.97. The smallest absolute Gasteiger partial charge is 0.0638 e. The summed E-state index contributed by atoms with van der Waals surface area (Å²) < 4.78 is 0. The molecule has 1 aliphatic rings. The van der Waals surface area contributed by atoms with E-state index >= 15 is 0 Å². The van der Waals surface area contributed by atoms with E-state index in [0.29, 0.717) is 12.5 Å². The minimum Gasteiger partial charge on any atom is -0.398 e. The maximum Gasteiger partial charge on any atom is 0.0638 e. The van der Waals surface area contributed by atoms with Crippen LogP contribution in [0.1, 0.15) is 24.5 Å². The molecule has 0 aromatic heterocycles. The fourth-order valence-electron chi connectivity index (χ4n) is 2.27. The second-order valence-corrected chi connectivity index (χ2v) is 4.42. The molecular weight excluding hydrogens is 198 g/mol. The highest BCUT2D eigenvalue weighted by atomic mass is 15.2. The lowest BCUT2D eigenvalue weighted by molar-refractivity contribution is 0.193. The average Bonchev–Trinajstić information content (AvgIpc) is 2.29. The van der Waals surface area contributed by atoms with Gasteiger partial charge in [0.2, 0.25) is 0 Å². The molecule has 2 rings (SSSR count). The zero-order chi connectivity index (χ0) is 11.5. The summed E-state index contributed by atoms with van der Waals surface area (Å²) in [5, 5.41) is 8.72. The van der Waals surface area contributed by atoms with E-state index in [2.05, 4.69) is 24.0 Å². The Morgan fingerprint density at radius 1 is 1.56 bits per heavy atom. The van der Waals surface area contributed by atoms with Gasteiger partial charge in [-0.25, -0.2) is 0 Å². The molecule has 1 atom stereocenters. The Hall–Kier alpha value is -1.53. The Labute approximate surface area is 96.5 Å². The van der Waals surface area contributed by atoms with Crippen molar-refractivity contribution in [3.05, 3.63) is 29.3 Å². The van der Waals surface area contributed by atoms with Crippen LogP contribution >= 0.6 is 0 Å². The first-order valence-corrected chi connectivity index (χ1v) is 5.69. The first-order chi connectivity index (χ1) is 7.72. The lowest BCUT2D eigenvalue weighted by Crippen LogP contribution is -2.37. The Morgan fingerprint density at radius 3 is 3.12 bits per heavy atom. The number of fused-ring (bicyclic) bond motifs is 1. The van der Waals surface area contributed by atoms with Crippen molar-refractivity contribution in [2.24, 2.45) is 0 Å². The lowest BCUT2D eigenvalue weighted by Gasteiger charge is -2.33. The number of nitriles is 1. The molecule has 0 bridgehead atoms. The Bertz CT molecular complexity index is 420. The van der Waals surface area contributed by atoms with Crippen LogP contribution in [0.3, 0.4) is 0 Å². The largest absolute Gasteiger partial charge is 0.398 e. The van der Waals surface area contributed by atoms with Gasteiger partial charge in [0.15, 0.2) is 0 Å². The zero-order valence-electron chi connectivity index (χ0n) is 9.61. The highest BCUT2D eigenvalue weighted by Crippen LogP contribution is 2.25. The van der Waals surface area contributed by atoms with Crippen LogP contribution in [0.15, 0.2) is 18.2 Å². The minimum absolute atomic E-state index is 0.317. The van der Waals surface area contributed by atoms with E-state index in [9.17, 15) is 0 Å². The normalized spacial score (nSPS) is 17.5. The molecule has 1 aliphatic heterocycles. The van der Waals surface area contributed by atoms with Gasteiger partial charge in [-0.1, -0.05) is 12.1 Å². The Balaban J connectivity index is 2.17. The molecule has 0 radical (unpaired) electrons. The first kappa shape index (κ1) is 11.0. The molecule has 1 unspecified atom stereocenters. The third-order valence-corrected chi connectivity index (χ3v) is 3.35. The van der Waals surface area contributed by atoms with Gasteiger partial charge in [-0.05, 0) is 30.5 Å². The third kappa shape index (κ3) is 2.02. The number of hydrogen-bond donors (Lipinski definition) is 1. The second kappa shape index (κ2) is 4.54. The highest BCUT2D eigenvalue weighted by Gasteiger charge is 2.21. The summed E-state index contributed by atoms with van der Waals surface area (Å²) in [6, 6.07) is 8.67. The van der Waals surface area contributed by atoms with Gasteiger partial charge < -0.3 is 5.73 Å². The van der Waals surface area contributed by atoms with Crippen molar-refractivity contribution in [3.63, 3.8) is 0 Å². The van der Waals surface area contributed by atoms with Crippen molar-refractivity contribution >= 4 is 5.69 Å². The fraction of sp³-hybridized carbons (Fsp3) is 0.462. The Morgan fingerprint density at radius 2 is 2.38 bits per heavy atom. The topological polar surface area (TPSA) is 53.0 Å². The number of nitrogen functional groups attached to an aromatic ring is 1. The summed E-state index contributed by atoms with van der Waals surface area (Å²) in [5.74, 6) is 0. The highest BCUT2D eigenvalue weighted by molar-refractivity contribution is 5.51. The summed E-state index contributed by atoms with van der Waals surface area (Å²) >= 11 is 0. The standard InChI is InChI=1S/C13H17N3/c1-10(5-7-14)16-8-6-11-3-2-4-13(15)12(11)9-16/h2-4,10H,5-6,8-9,15H2,1H3. The molecule has 0 amide bonds. The summed E-state index contributed by atoms with van der Waals surface area (Å²) in [7, 11) is 0. The van der Waals surface area contributed by atoms with Gasteiger partial charge in [-0.3, -0.25) is 4.90 Å². The Kier molecular flexibility index (Phi) is 3.12. The average molecular weight is 215 g/mol. The molecule has 3 heteroatoms. The number of nitrogens with zero attached hydrogens (tertiary/aromatic N) is 2. The molecule has 0 saturated carbocycles. The van der Waals surface area contributed by atoms with E-state index in [1.165, 1.54) is 11.1 Å². The summed E-state index contributed by atoms with van der Waals surface area (Å²) in [5.41, 5.74) is 9.48. The van der Waals surface area contributed by atoms with E-state index < -0.39 is 0 Å². The number of nitrogens with two attached hydrogens (primary N) is 1. The van der Waals surface area contributed by atoms with Crippen LogP contribution < -0.4 is 5.73 Å². The maximum atomic E-state index is 8.72. The van der Waals surface area contributed by atoms with Gasteiger partial charge in [0, 0.05) is 24.8 Å². The van der Waals surface area contributed by atoms with Gasteiger partial charge in [-0.15, -0.1) is 0 Å². The van der Waals surface area contributed by atoms with Crippen molar-refractivity contribution in [1.29, 1.82) is 5.26 Å². The third-order valence-electron chi connectivity index (χ3n) is 3.35. The minimum atomic E-state index is 0.317. The van der Waals surface area contributed by atoms with Gasteiger partial charge >= 0.3 is 0 Å². The SMILES string of the molecule is CC(CC#N)N1CCc2cccc(N)c2C1. The molecule has 0 aliphatic carbocycles. The maximum absolute atomic E-state index is 8.72. The van der Waals surface area contributed by atoms with Gasteiger partial charge in [0.25, 0.3) is 0 Å². The predicted molar refractivity (Wildman–Crippen MR) is 64.7 cm³/mol. The van der Waals surface area contributed by atoms with E-state index in [1.807, 2.05) is 12.1 Å². The monoisotopic (exact) mass is 215 g/mol. The first-order valence-electron chi connectivity index (χ1n) is 5.69. The van der Waals surface area contributed by atoms with Crippen molar-refractivity contribution in [2.75, 3.05) is 12.3 Å². The predicted octanol–water partition coefficient (Wildman–Crippen LogP) is 1.93. The molecule has 3 nitrogen and oxygen atoms in total. The fourth-order valence-corrected chi connectivity index (χ4v) is 2.27. The molecule has 16 heavy (non-hydrogen) atoms. The quantitative estimate of drug-likeness (QED) is 0.767. The van der Waals surface area contributed by atoms with Gasteiger partial charge in [-0.2, -0.15) is 5.26 Å². The van der Waals surface area contributed by atoms with Gasteiger partial charge in [0.1, 0.15) is 0 Å². The molecule has 0 fully saturated rings. The number of hydrogen-bond acceptors (Lipinski definition) is 3. The van der Waals surface area contributed by atoms with E-state index in [4.69, 9.17) is 11.0 Å². The van der Waals surface area contributed by atoms with Crippen LogP contribution in [0.25, 0.3) is 0 Å². The molecule has 84 valence electrons. The van der Waals surface area contributed by atoms with Crippen LogP contribution in [0.4, 0.5) is 5.69 Å². The van der Waals surface area contributed by atoms with Crippen LogP contribution in [0.2, 0.25) is 0 Å². The van der Waals surface area contributed by atoms with Crippen LogP contribution in [0.5, 0.6) is 0 Å². The van der Waals surface area contributed by atoms with Crippen LogP contribution in [-0.4, -0.2) is 17.5 Å². The summed E-state index contributed by atoms with van der Waals surface area (Å²) in [4.78, 5) is 2.34.